The second-order valence-electron chi connectivity index (χ2n) is 5.26. The normalized spacial score (nSPS) is 11.5. The quantitative estimate of drug-likeness (QED) is 0.531. The van der Waals surface area contributed by atoms with Crippen molar-refractivity contribution in [2.24, 2.45) is 0 Å². The molecule has 0 aliphatic rings. The first-order valence-electron chi connectivity index (χ1n) is 7.05. The smallest absolute Gasteiger partial charge is 0.288 e. The van der Waals surface area contributed by atoms with Gasteiger partial charge in [0.05, 0.1) is 5.56 Å². The monoisotopic (exact) mass is 331 g/mol. The van der Waals surface area contributed by atoms with Crippen molar-refractivity contribution in [3.05, 3.63) is 71.8 Å². The lowest BCUT2D eigenvalue weighted by Gasteiger charge is -2.10. The molecule has 0 unspecified atom stereocenters. The highest BCUT2D eigenvalue weighted by atomic mass is 19.4. The van der Waals surface area contributed by atoms with Crippen LogP contribution in [0.4, 0.5) is 13.2 Å². The maximum Gasteiger partial charge on any atom is 0.416 e. The van der Waals surface area contributed by atoms with Gasteiger partial charge in [0.25, 0.3) is 5.91 Å². The highest BCUT2D eigenvalue weighted by molar-refractivity contribution is 6.02. The summed E-state index contributed by atoms with van der Waals surface area (Å²) in [6.45, 7) is 0. The fraction of sp³-hybridized carbons (Fsp3) is 0.0556. The summed E-state index contributed by atoms with van der Waals surface area (Å²) in [5.74, 6) is -0.628. The molecule has 0 saturated heterocycles. The first kappa shape index (κ1) is 16.0. The maximum absolute atomic E-state index is 12.7. The van der Waals surface area contributed by atoms with E-state index in [1.807, 2.05) is 0 Å². The van der Waals surface area contributed by atoms with Gasteiger partial charge in [0.1, 0.15) is 0 Å². The van der Waals surface area contributed by atoms with Crippen molar-refractivity contribution in [2.45, 2.75) is 6.18 Å². The zero-order valence-electron chi connectivity index (χ0n) is 12.3. The molecule has 3 aromatic rings. The van der Waals surface area contributed by atoms with Crippen LogP contribution in [0.2, 0.25) is 0 Å². The van der Waals surface area contributed by atoms with Crippen LogP contribution in [0.1, 0.15) is 15.9 Å². The molecule has 0 aliphatic carbocycles. The standard InChI is InChI=1S/C18H12F3NO2/c19-18(20,21)14-7-4-11(5-8-14)15-3-1-2-12-10-13(17(23)22-24)6-9-16(12)15/h1-10,24H,(H,22,23). The number of hydroxylamine groups is 1. The third-order valence-electron chi connectivity index (χ3n) is 3.77. The van der Waals surface area contributed by atoms with E-state index in [0.29, 0.717) is 5.56 Å². The molecule has 3 rings (SSSR count). The van der Waals surface area contributed by atoms with Gasteiger partial charge in [-0.05, 0) is 46.2 Å². The Hall–Kier alpha value is -2.86. The summed E-state index contributed by atoms with van der Waals surface area (Å²) in [5, 5.41) is 10.2. The van der Waals surface area contributed by atoms with E-state index < -0.39 is 17.6 Å². The van der Waals surface area contributed by atoms with Crippen molar-refractivity contribution >= 4 is 16.7 Å². The van der Waals surface area contributed by atoms with Crippen LogP contribution in [0.15, 0.2) is 60.7 Å². The molecule has 0 atom stereocenters. The molecule has 0 radical (unpaired) electrons. The fourth-order valence-electron chi connectivity index (χ4n) is 2.58. The number of hydrogen-bond acceptors (Lipinski definition) is 2. The summed E-state index contributed by atoms with van der Waals surface area (Å²) in [6.07, 6.45) is -4.37. The number of fused-ring (bicyclic) bond motifs is 1. The second kappa shape index (κ2) is 5.98. The lowest BCUT2D eigenvalue weighted by Crippen LogP contribution is -2.18. The first-order chi connectivity index (χ1) is 11.4. The minimum atomic E-state index is -4.37. The van der Waals surface area contributed by atoms with Crippen LogP contribution in [-0.4, -0.2) is 11.1 Å². The van der Waals surface area contributed by atoms with E-state index in [0.717, 1.165) is 28.5 Å². The van der Waals surface area contributed by atoms with Crippen LogP contribution in [0, 0.1) is 0 Å². The van der Waals surface area contributed by atoms with Crippen LogP contribution in [0.5, 0.6) is 0 Å². The highest BCUT2D eigenvalue weighted by Gasteiger charge is 2.30. The Bertz CT molecular complexity index is 902. The summed E-state index contributed by atoms with van der Waals surface area (Å²) < 4.78 is 38.0. The summed E-state index contributed by atoms with van der Waals surface area (Å²) in [4.78, 5) is 11.5. The molecule has 0 saturated carbocycles. The molecular weight excluding hydrogens is 319 g/mol. The second-order valence-corrected chi connectivity index (χ2v) is 5.26. The largest absolute Gasteiger partial charge is 0.416 e. The van der Waals surface area contributed by atoms with Crippen LogP contribution in [0.25, 0.3) is 21.9 Å². The van der Waals surface area contributed by atoms with Gasteiger partial charge in [0.2, 0.25) is 0 Å². The summed E-state index contributed by atoms with van der Waals surface area (Å²) in [6, 6.07) is 15.1. The average molecular weight is 331 g/mol. The van der Waals surface area contributed by atoms with Crippen LogP contribution >= 0.6 is 0 Å². The molecule has 1 amide bonds. The molecule has 3 aromatic carbocycles. The molecule has 0 aromatic heterocycles. The van der Waals surface area contributed by atoms with E-state index in [1.165, 1.54) is 12.1 Å². The van der Waals surface area contributed by atoms with Gasteiger partial charge in [-0.1, -0.05) is 36.4 Å². The molecule has 0 bridgehead atoms. The Kier molecular flexibility index (Phi) is 3.99. The maximum atomic E-state index is 12.7. The predicted molar refractivity (Wildman–Crippen MR) is 83.6 cm³/mol. The molecule has 3 nitrogen and oxygen atoms in total. The minimum Gasteiger partial charge on any atom is -0.288 e. The highest BCUT2D eigenvalue weighted by Crippen LogP contribution is 2.33. The number of alkyl halides is 3. The summed E-state index contributed by atoms with van der Waals surface area (Å²) in [7, 11) is 0. The third-order valence-corrected chi connectivity index (χ3v) is 3.77. The first-order valence-corrected chi connectivity index (χ1v) is 7.05. The Morgan fingerprint density at radius 1 is 0.958 bits per heavy atom. The van der Waals surface area contributed by atoms with E-state index in [9.17, 15) is 18.0 Å². The summed E-state index contributed by atoms with van der Waals surface area (Å²) >= 11 is 0. The van der Waals surface area contributed by atoms with Gasteiger partial charge in [-0.25, -0.2) is 5.48 Å². The number of benzene rings is 3. The Morgan fingerprint density at radius 2 is 1.67 bits per heavy atom. The number of hydrogen-bond donors (Lipinski definition) is 2. The lowest BCUT2D eigenvalue weighted by atomic mass is 9.96. The zero-order chi connectivity index (χ0) is 17.3. The van der Waals surface area contributed by atoms with Crippen LogP contribution in [0.3, 0.4) is 0 Å². The fourth-order valence-corrected chi connectivity index (χ4v) is 2.58. The van der Waals surface area contributed by atoms with Gasteiger partial charge in [-0.2, -0.15) is 13.2 Å². The molecule has 24 heavy (non-hydrogen) atoms. The van der Waals surface area contributed by atoms with Gasteiger partial charge in [-0.3, -0.25) is 10.0 Å². The molecule has 2 N–H and O–H groups in total. The van der Waals surface area contributed by atoms with Crippen molar-refractivity contribution in [2.75, 3.05) is 0 Å². The molecule has 6 heteroatoms. The number of halogens is 3. The molecule has 0 spiro atoms. The van der Waals surface area contributed by atoms with E-state index in [-0.39, 0.29) is 5.56 Å². The van der Waals surface area contributed by atoms with E-state index in [1.54, 1.807) is 41.9 Å². The number of carbonyl (C=O) groups is 1. The van der Waals surface area contributed by atoms with E-state index in [2.05, 4.69) is 0 Å². The average Bonchev–Trinajstić information content (AvgIpc) is 2.59. The van der Waals surface area contributed by atoms with Gasteiger partial charge >= 0.3 is 6.18 Å². The topological polar surface area (TPSA) is 49.3 Å². The van der Waals surface area contributed by atoms with Crippen molar-refractivity contribution < 1.29 is 23.2 Å². The van der Waals surface area contributed by atoms with Gasteiger partial charge < -0.3 is 0 Å². The van der Waals surface area contributed by atoms with Gasteiger partial charge in [0.15, 0.2) is 0 Å². The van der Waals surface area contributed by atoms with Gasteiger partial charge in [0, 0.05) is 5.56 Å². The Labute approximate surface area is 135 Å². The zero-order valence-corrected chi connectivity index (χ0v) is 12.3. The van der Waals surface area contributed by atoms with Crippen molar-refractivity contribution in [3.63, 3.8) is 0 Å². The molecule has 0 heterocycles. The Balaban J connectivity index is 2.08. The van der Waals surface area contributed by atoms with Crippen molar-refractivity contribution in [1.82, 2.24) is 5.48 Å². The molecule has 0 fully saturated rings. The number of nitrogens with one attached hydrogen (secondary N) is 1. The van der Waals surface area contributed by atoms with Crippen molar-refractivity contribution in [1.29, 1.82) is 0 Å². The van der Waals surface area contributed by atoms with Crippen LogP contribution in [-0.2, 0) is 6.18 Å². The SMILES string of the molecule is O=C(NO)c1ccc2c(-c3ccc(C(F)(F)F)cc3)cccc2c1. The number of carbonyl (C=O) groups excluding carboxylic acids is 1. The molecular formula is C18H12F3NO2. The third kappa shape index (κ3) is 2.96. The Morgan fingerprint density at radius 3 is 2.29 bits per heavy atom. The predicted octanol–water partition coefficient (Wildman–Crippen LogP) is 4.64. The number of rotatable bonds is 2. The van der Waals surface area contributed by atoms with Gasteiger partial charge in [-0.15, -0.1) is 0 Å². The molecule has 122 valence electrons. The van der Waals surface area contributed by atoms with E-state index in [4.69, 9.17) is 5.21 Å². The van der Waals surface area contributed by atoms with Crippen LogP contribution < -0.4 is 5.48 Å². The van der Waals surface area contributed by atoms with E-state index >= 15 is 0 Å². The molecule has 0 aliphatic heterocycles. The summed E-state index contributed by atoms with van der Waals surface area (Å²) in [5.41, 5.74) is 2.56. The van der Waals surface area contributed by atoms with Crippen molar-refractivity contribution in [3.8, 4) is 11.1 Å². The lowest BCUT2D eigenvalue weighted by molar-refractivity contribution is -0.137. The minimum absolute atomic E-state index is 0.287. The number of amides is 1.